The van der Waals surface area contributed by atoms with Gasteiger partial charge in [-0.25, -0.2) is 0 Å². The maximum Gasteiger partial charge on any atom is 0.238 e. The Labute approximate surface area is 100 Å². The first-order valence-corrected chi connectivity index (χ1v) is 5.76. The van der Waals surface area contributed by atoms with Gasteiger partial charge in [-0.05, 0) is 31.9 Å². The lowest BCUT2D eigenvalue weighted by Gasteiger charge is -2.11. The number of nitrogens with one attached hydrogen (secondary N) is 2. The Kier molecular flexibility index (Phi) is 3.17. The first-order chi connectivity index (χ1) is 7.59. The highest BCUT2D eigenvalue weighted by Crippen LogP contribution is 2.33. The summed E-state index contributed by atoms with van der Waals surface area (Å²) in [6, 6.07) is 7.23. The average molecular weight is 239 g/mol. The van der Waals surface area contributed by atoms with Crippen molar-refractivity contribution in [3.8, 4) is 0 Å². The highest BCUT2D eigenvalue weighted by molar-refractivity contribution is 6.33. The lowest BCUT2D eigenvalue weighted by atomic mass is 10.3. The molecule has 16 heavy (non-hydrogen) atoms. The molecule has 1 amide bonds. The van der Waals surface area contributed by atoms with Gasteiger partial charge in [0.05, 0.1) is 17.3 Å². The van der Waals surface area contributed by atoms with Gasteiger partial charge in [-0.2, -0.15) is 0 Å². The molecule has 2 rings (SSSR count). The summed E-state index contributed by atoms with van der Waals surface area (Å²) in [5.41, 5.74) is 0.842. The minimum absolute atomic E-state index is 0.0544. The third-order valence-corrected chi connectivity index (χ3v) is 3.15. The quantitative estimate of drug-likeness (QED) is 0.846. The van der Waals surface area contributed by atoms with Crippen LogP contribution in [0.3, 0.4) is 0 Å². The second kappa shape index (κ2) is 4.44. The molecule has 1 aliphatic rings. The van der Waals surface area contributed by atoms with Crippen molar-refractivity contribution in [3.05, 3.63) is 29.3 Å². The van der Waals surface area contributed by atoms with Crippen molar-refractivity contribution in [1.82, 2.24) is 5.32 Å². The minimum Gasteiger partial charge on any atom is -0.324 e. The van der Waals surface area contributed by atoms with Crippen molar-refractivity contribution in [2.75, 3.05) is 11.9 Å². The summed E-state index contributed by atoms with van der Waals surface area (Å²) in [7, 11) is 0. The van der Waals surface area contributed by atoms with Crippen LogP contribution >= 0.6 is 11.6 Å². The summed E-state index contributed by atoms with van der Waals surface area (Å²) in [6.45, 7) is 2.46. The Hall–Kier alpha value is -1.06. The van der Waals surface area contributed by atoms with E-state index in [2.05, 4.69) is 17.6 Å². The fourth-order valence-corrected chi connectivity index (χ4v) is 1.60. The molecule has 0 spiro atoms. The number of anilines is 1. The average Bonchev–Trinajstić information content (AvgIpc) is 2.98. The number of rotatable bonds is 4. The molecule has 1 fully saturated rings. The number of carbonyl (C=O) groups excluding carboxylic acids is 1. The maximum absolute atomic E-state index is 11.6. The predicted molar refractivity (Wildman–Crippen MR) is 65.7 cm³/mol. The Balaban J connectivity index is 1.85. The molecule has 1 aliphatic carbocycles. The molecule has 0 aliphatic heterocycles. The van der Waals surface area contributed by atoms with Crippen LogP contribution in [-0.2, 0) is 4.79 Å². The SMILES string of the molecule is CC1(NCC(=O)Nc2ccccc2Cl)CC1. The number of halogens is 1. The number of amides is 1. The van der Waals surface area contributed by atoms with Gasteiger partial charge in [0.15, 0.2) is 0 Å². The van der Waals surface area contributed by atoms with E-state index >= 15 is 0 Å². The lowest BCUT2D eigenvalue weighted by Crippen LogP contribution is -2.35. The van der Waals surface area contributed by atoms with Crippen LogP contribution in [0.15, 0.2) is 24.3 Å². The fourth-order valence-electron chi connectivity index (χ4n) is 1.41. The predicted octanol–water partition coefficient (Wildman–Crippen LogP) is 2.42. The highest BCUT2D eigenvalue weighted by atomic mass is 35.5. The van der Waals surface area contributed by atoms with E-state index in [1.54, 1.807) is 12.1 Å². The van der Waals surface area contributed by atoms with E-state index < -0.39 is 0 Å². The maximum atomic E-state index is 11.6. The molecule has 0 radical (unpaired) electrons. The number of hydrogen-bond donors (Lipinski definition) is 2. The van der Waals surface area contributed by atoms with Crippen LogP contribution in [0.5, 0.6) is 0 Å². The molecular weight excluding hydrogens is 224 g/mol. The van der Waals surface area contributed by atoms with Crippen molar-refractivity contribution in [3.63, 3.8) is 0 Å². The summed E-state index contributed by atoms with van der Waals surface area (Å²) in [5, 5.41) is 6.56. The molecule has 0 bridgehead atoms. The second-order valence-electron chi connectivity index (χ2n) is 4.44. The zero-order valence-corrected chi connectivity index (χ0v) is 9.97. The van der Waals surface area contributed by atoms with E-state index in [9.17, 15) is 4.79 Å². The molecule has 0 atom stereocenters. The first kappa shape index (κ1) is 11.4. The first-order valence-electron chi connectivity index (χ1n) is 5.38. The molecule has 4 heteroatoms. The summed E-state index contributed by atoms with van der Waals surface area (Å²) in [4.78, 5) is 11.6. The van der Waals surface area contributed by atoms with Crippen LogP contribution in [-0.4, -0.2) is 18.0 Å². The Morgan fingerprint density at radius 3 is 2.75 bits per heavy atom. The molecule has 1 aromatic carbocycles. The van der Waals surface area contributed by atoms with E-state index in [0.717, 1.165) is 12.8 Å². The Morgan fingerprint density at radius 1 is 1.44 bits per heavy atom. The van der Waals surface area contributed by atoms with E-state index in [-0.39, 0.29) is 11.4 Å². The van der Waals surface area contributed by atoms with E-state index in [1.165, 1.54) is 0 Å². The van der Waals surface area contributed by atoms with Gasteiger partial charge in [-0.15, -0.1) is 0 Å². The zero-order chi connectivity index (χ0) is 11.6. The minimum atomic E-state index is -0.0544. The number of benzene rings is 1. The second-order valence-corrected chi connectivity index (χ2v) is 4.85. The van der Waals surface area contributed by atoms with Crippen LogP contribution in [0.2, 0.25) is 5.02 Å². The van der Waals surface area contributed by atoms with Crippen molar-refractivity contribution in [1.29, 1.82) is 0 Å². The van der Waals surface area contributed by atoms with Gasteiger partial charge in [0, 0.05) is 5.54 Å². The van der Waals surface area contributed by atoms with Gasteiger partial charge < -0.3 is 10.6 Å². The van der Waals surface area contributed by atoms with Crippen molar-refractivity contribution in [2.45, 2.75) is 25.3 Å². The Morgan fingerprint density at radius 2 is 2.12 bits per heavy atom. The monoisotopic (exact) mass is 238 g/mol. The number of para-hydroxylation sites is 1. The molecule has 0 heterocycles. The molecule has 1 saturated carbocycles. The molecule has 2 N–H and O–H groups in total. The molecule has 0 aromatic heterocycles. The van der Waals surface area contributed by atoms with Crippen LogP contribution in [0, 0.1) is 0 Å². The topological polar surface area (TPSA) is 41.1 Å². The lowest BCUT2D eigenvalue weighted by molar-refractivity contribution is -0.115. The summed E-state index contributed by atoms with van der Waals surface area (Å²) in [5.74, 6) is -0.0544. The van der Waals surface area contributed by atoms with Crippen molar-refractivity contribution in [2.24, 2.45) is 0 Å². The largest absolute Gasteiger partial charge is 0.324 e. The van der Waals surface area contributed by atoms with Crippen LogP contribution < -0.4 is 10.6 Å². The van der Waals surface area contributed by atoms with Gasteiger partial charge in [-0.1, -0.05) is 23.7 Å². The Bertz CT molecular complexity index is 402. The smallest absolute Gasteiger partial charge is 0.238 e. The van der Waals surface area contributed by atoms with Crippen LogP contribution in [0.1, 0.15) is 19.8 Å². The fraction of sp³-hybridized carbons (Fsp3) is 0.417. The standard InChI is InChI=1S/C12H15ClN2O/c1-12(6-7-12)14-8-11(16)15-10-5-3-2-4-9(10)13/h2-5,14H,6-8H2,1H3,(H,15,16). The number of hydrogen-bond acceptors (Lipinski definition) is 2. The summed E-state index contributed by atoms with van der Waals surface area (Å²) in [6.07, 6.45) is 2.29. The summed E-state index contributed by atoms with van der Waals surface area (Å²) >= 11 is 5.94. The van der Waals surface area contributed by atoms with Crippen LogP contribution in [0.4, 0.5) is 5.69 Å². The van der Waals surface area contributed by atoms with Gasteiger partial charge in [0.1, 0.15) is 0 Å². The molecule has 0 saturated heterocycles. The van der Waals surface area contributed by atoms with Gasteiger partial charge >= 0.3 is 0 Å². The van der Waals surface area contributed by atoms with Gasteiger partial charge in [0.2, 0.25) is 5.91 Å². The van der Waals surface area contributed by atoms with E-state index in [1.807, 2.05) is 12.1 Å². The zero-order valence-electron chi connectivity index (χ0n) is 9.22. The van der Waals surface area contributed by atoms with E-state index in [4.69, 9.17) is 11.6 Å². The molecule has 0 unspecified atom stereocenters. The van der Waals surface area contributed by atoms with Crippen LogP contribution in [0.25, 0.3) is 0 Å². The molecule has 1 aromatic rings. The number of carbonyl (C=O) groups is 1. The third kappa shape index (κ3) is 2.97. The third-order valence-electron chi connectivity index (χ3n) is 2.82. The van der Waals surface area contributed by atoms with Gasteiger partial charge in [0.25, 0.3) is 0 Å². The van der Waals surface area contributed by atoms with Crippen molar-refractivity contribution < 1.29 is 4.79 Å². The molecule has 3 nitrogen and oxygen atoms in total. The summed E-state index contributed by atoms with van der Waals surface area (Å²) < 4.78 is 0. The normalized spacial score (nSPS) is 16.9. The highest BCUT2D eigenvalue weighted by Gasteiger charge is 2.36. The van der Waals surface area contributed by atoms with Crippen molar-refractivity contribution >= 4 is 23.2 Å². The van der Waals surface area contributed by atoms with Gasteiger partial charge in [-0.3, -0.25) is 4.79 Å². The molecule has 86 valence electrons. The van der Waals surface area contributed by atoms with E-state index in [0.29, 0.717) is 17.3 Å². The molecular formula is C12H15ClN2O.